The van der Waals surface area contributed by atoms with Gasteiger partial charge in [-0.25, -0.2) is 4.79 Å². The van der Waals surface area contributed by atoms with Crippen LogP contribution in [0.2, 0.25) is 0 Å². The lowest BCUT2D eigenvalue weighted by atomic mass is 9.74. The number of nitrogens with zero attached hydrogens (tertiary/aromatic N) is 2. The standard InChI is InChI=1S/C26H35N3O5S/c1-2-21-14-23(28-34-21)27-24(30)16-29-11-8-18(9-12-29)22(15-29)33-25(31)26(32,20-10-13-35-17-20)19-6-4-3-5-7-19/h10,13-14,17-19,22,32H,2-9,11-12,15-16H2,1H3/p+1/t18?,22?,26-,29?/m1/s1. The van der Waals surface area contributed by atoms with E-state index >= 15 is 0 Å². The Morgan fingerprint density at radius 2 is 2.03 bits per heavy atom. The number of hydrogen-bond acceptors (Lipinski definition) is 7. The predicted octanol–water partition coefficient (Wildman–Crippen LogP) is 3.86. The third kappa shape index (κ3) is 4.90. The molecule has 6 rings (SSSR count). The third-order valence-corrected chi connectivity index (χ3v) is 9.11. The van der Waals surface area contributed by atoms with Crippen molar-refractivity contribution in [2.24, 2.45) is 11.8 Å². The van der Waals surface area contributed by atoms with Crippen LogP contribution in [0.3, 0.4) is 0 Å². The van der Waals surface area contributed by atoms with E-state index in [9.17, 15) is 14.7 Å². The highest BCUT2D eigenvalue weighted by Gasteiger charge is 2.53. The second kappa shape index (κ2) is 10.0. The molecule has 0 aromatic carbocycles. The lowest BCUT2D eigenvalue weighted by molar-refractivity contribution is -0.939. The summed E-state index contributed by atoms with van der Waals surface area (Å²) in [5, 5.41) is 22.4. The summed E-state index contributed by atoms with van der Waals surface area (Å²) in [4.78, 5) is 26.5. The van der Waals surface area contributed by atoms with Crippen LogP contribution in [-0.2, 0) is 26.3 Å². The SMILES string of the molecule is CCc1cc(NC(=O)C[N+]23CCC(CC2)C(OC(=O)[C@](O)(c2ccsc2)C2CCCCC2)C3)no1. The molecule has 190 valence electrons. The molecule has 0 radical (unpaired) electrons. The van der Waals surface area contributed by atoms with Crippen LogP contribution in [0.25, 0.3) is 0 Å². The first kappa shape index (κ1) is 24.5. The number of aliphatic hydroxyl groups is 1. The molecule has 1 amide bonds. The number of thiophene rings is 1. The number of carbonyl (C=O) groups excluding carboxylic acids is 2. The van der Waals surface area contributed by atoms with E-state index in [1.54, 1.807) is 6.07 Å². The van der Waals surface area contributed by atoms with Crippen molar-refractivity contribution in [3.8, 4) is 0 Å². The molecule has 0 spiro atoms. The average Bonchev–Trinajstić information content (AvgIpc) is 3.57. The van der Waals surface area contributed by atoms with Crippen molar-refractivity contribution in [1.29, 1.82) is 0 Å². The molecule has 9 heteroatoms. The smallest absolute Gasteiger partial charge is 0.343 e. The second-order valence-corrected chi connectivity index (χ2v) is 11.4. The summed E-state index contributed by atoms with van der Waals surface area (Å²) in [7, 11) is 0. The van der Waals surface area contributed by atoms with Crippen molar-refractivity contribution in [3.05, 3.63) is 34.2 Å². The second-order valence-electron chi connectivity index (χ2n) is 10.6. The van der Waals surface area contributed by atoms with Crippen molar-refractivity contribution >= 4 is 29.0 Å². The van der Waals surface area contributed by atoms with Gasteiger partial charge in [-0.15, -0.1) is 0 Å². The summed E-state index contributed by atoms with van der Waals surface area (Å²) in [6.45, 7) is 4.67. The Balaban J connectivity index is 1.27. The Kier molecular flexibility index (Phi) is 7.01. The quantitative estimate of drug-likeness (QED) is 0.420. The molecule has 1 unspecified atom stereocenters. The van der Waals surface area contributed by atoms with Gasteiger partial charge in [0.1, 0.15) is 12.3 Å². The number of ether oxygens (including phenoxy) is 1. The van der Waals surface area contributed by atoms with Gasteiger partial charge in [-0.3, -0.25) is 4.79 Å². The lowest BCUT2D eigenvalue weighted by Gasteiger charge is -2.52. The van der Waals surface area contributed by atoms with Crippen molar-refractivity contribution in [2.45, 2.75) is 70.0 Å². The highest BCUT2D eigenvalue weighted by Crippen LogP contribution is 2.43. The number of fused-ring (bicyclic) bond motifs is 3. The molecular formula is C26H36N3O5S+. The van der Waals surface area contributed by atoms with Gasteiger partial charge in [0.05, 0.1) is 13.1 Å². The minimum atomic E-state index is -1.60. The van der Waals surface area contributed by atoms with Crippen LogP contribution in [0.1, 0.15) is 63.2 Å². The maximum atomic E-state index is 13.6. The zero-order valence-corrected chi connectivity index (χ0v) is 21.2. The van der Waals surface area contributed by atoms with Crippen molar-refractivity contribution < 1.29 is 28.4 Å². The van der Waals surface area contributed by atoms with E-state index in [1.807, 2.05) is 23.8 Å². The van der Waals surface area contributed by atoms with E-state index in [0.717, 1.165) is 70.2 Å². The molecule has 1 aliphatic carbocycles. The van der Waals surface area contributed by atoms with Gasteiger partial charge in [-0.1, -0.05) is 31.3 Å². The van der Waals surface area contributed by atoms with Gasteiger partial charge in [0, 0.05) is 42.7 Å². The number of rotatable bonds is 8. The van der Waals surface area contributed by atoms with Gasteiger partial charge in [-0.05, 0) is 29.7 Å². The Bertz CT molecular complexity index is 1020. The van der Waals surface area contributed by atoms with E-state index in [4.69, 9.17) is 9.26 Å². The molecule has 3 aliphatic heterocycles. The number of esters is 1. The average molecular weight is 503 g/mol. The fourth-order valence-electron chi connectivity index (χ4n) is 6.35. The number of quaternary nitrogens is 1. The van der Waals surface area contributed by atoms with Crippen molar-refractivity contribution in [2.75, 3.05) is 31.5 Å². The minimum Gasteiger partial charge on any atom is -0.454 e. The monoisotopic (exact) mass is 502 g/mol. The molecule has 2 N–H and O–H groups in total. The van der Waals surface area contributed by atoms with Crippen LogP contribution in [-0.4, -0.2) is 58.9 Å². The van der Waals surface area contributed by atoms with Crippen LogP contribution < -0.4 is 5.32 Å². The molecule has 1 saturated carbocycles. The first-order chi connectivity index (χ1) is 16.9. The molecule has 35 heavy (non-hydrogen) atoms. The molecule has 2 bridgehead atoms. The van der Waals surface area contributed by atoms with E-state index < -0.39 is 11.6 Å². The van der Waals surface area contributed by atoms with Crippen LogP contribution in [0.5, 0.6) is 0 Å². The van der Waals surface area contributed by atoms with Crippen LogP contribution in [0.15, 0.2) is 27.4 Å². The number of aryl methyl sites for hydroxylation is 1. The van der Waals surface area contributed by atoms with Crippen molar-refractivity contribution in [3.63, 3.8) is 0 Å². The van der Waals surface area contributed by atoms with E-state index in [-0.39, 0.29) is 23.8 Å². The Morgan fingerprint density at radius 1 is 1.26 bits per heavy atom. The zero-order chi connectivity index (χ0) is 24.5. The first-order valence-electron chi connectivity index (χ1n) is 13.0. The number of nitrogens with one attached hydrogen (secondary N) is 1. The summed E-state index contributed by atoms with van der Waals surface area (Å²) >= 11 is 1.49. The molecule has 2 aromatic rings. The predicted molar refractivity (Wildman–Crippen MR) is 132 cm³/mol. The highest BCUT2D eigenvalue weighted by atomic mass is 32.1. The van der Waals surface area contributed by atoms with Gasteiger partial charge in [0.15, 0.2) is 24.1 Å². The molecule has 4 aliphatic rings. The Hall–Kier alpha value is -2.23. The first-order valence-corrected chi connectivity index (χ1v) is 13.9. The van der Waals surface area contributed by atoms with Gasteiger partial charge in [0.2, 0.25) is 0 Å². The molecule has 8 nitrogen and oxygen atoms in total. The van der Waals surface area contributed by atoms with Gasteiger partial charge in [0.25, 0.3) is 5.91 Å². The summed E-state index contributed by atoms with van der Waals surface area (Å²) in [6, 6.07) is 3.60. The fourth-order valence-corrected chi connectivity index (χ4v) is 7.06. The molecule has 3 saturated heterocycles. The molecule has 4 fully saturated rings. The summed E-state index contributed by atoms with van der Waals surface area (Å²) in [6.07, 6.45) is 7.11. The van der Waals surface area contributed by atoms with Crippen LogP contribution in [0.4, 0.5) is 5.82 Å². The normalized spacial score (nSPS) is 28.4. The minimum absolute atomic E-state index is 0.108. The zero-order valence-electron chi connectivity index (χ0n) is 20.4. The van der Waals surface area contributed by atoms with Crippen molar-refractivity contribution in [1.82, 2.24) is 5.16 Å². The molecule has 5 heterocycles. The van der Waals surface area contributed by atoms with Gasteiger partial charge >= 0.3 is 5.97 Å². The Labute approximate surface area is 210 Å². The van der Waals surface area contributed by atoms with Gasteiger partial charge in [-0.2, -0.15) is 11.3 Å². The Morgan fingerprint density at radius 3 is 2.69 bits per heavy atom. The molecule has 2 atom stereocenters. The number of carbonyl (C=O) groups is 2. The topological polar surface area (TPSA) is 102 Å². The maximum absolute atomic E-state index is 13.6. The number of hydrogen-bond donors (Lipinski definition) is 2. The number of anilines is 1. The number of aromatic nitrogens is 1. The van der Waals surface area contributed by atoms with Gasteiger partial charge < -0.3 is 24.2 Å². The summed E-state index contributed by atoms with van der Waals surface area (Å²) in [5.41, 5.74) is -0.943. The van der Waals surface area contributed by atoms with Crippen LogP contribution in [0, 0.1) is 11.8 Å². The number of amides is 1. The van der Waals surface area contributed by atoms with E-state index in [1.165, 1.54) is 11.3 Å². The summed E-state index contributed by atoms with van der Waals surface area (Å²) in [5.74, 6) is 0.705. The largest absolute Gasteiger partial charge is 0.454 e. The molecule has 2 aromatic heterocycles. The molecular weight excluding hydrogens is 466 g/mol. The van der Waals surface area contributed by atoms with E-state index in [0.29, 0.717) is 29.0 Å². The fraction of sp³-hybridized carbons (Fsp3) is 0.654. The lowest BCUT2D eigenvalue weighted by Crippen LogP contribution is -2.66. The summed E-state index contributed by atoms with van der Waals surface area (Å²) < 4.78 is 11.9. The number of piperidine rings is 3. The third-order valence-electron chi connectivity index (χ3n) is 8.42. The highest BCUT2D eigenvalue weighted by molar-refractivity contribution is 7.08. The van der Waals surface area contributed by atoms with Crippen LogP contribution >= 0.6 is 11.3 Å². The maximum Gasteiger partial charge on any atom is 0.343 e. The van der Waals surface area contributed by atoms with E-state index in [2.05, 4.69) is 10.5 Å².